The number of hydrogen-bond acceptors (Lipinski definition) is 3. The Bertz CT molecular complexity index is 272. The highest BCUT2D eigenvalue weighted by Crippen LogP contribution is 2.22. The molecule has 1 aliphatic rings. The first-order valence-corrected chi connectivity index (χ1v) is 6.67. The van der Waals surface area contributed by atoms with Gasteiger partial charge in [-0.25, -0.2) is 0 Å². The van der Waals surface area contributed by atoms with Gasteiger partial charge in [0.2, 0.25) is 5.91 Å². The van der Waals surface area contributed by atoms with Crippen molar-refractivity contribution in [1.82, 2.24) is 10.6 Å². The largest absolute Gasteiger partial charge is 0.355 e. The summed E-state index contributed by atoms with van der Waals surface area (Å²) >= 11 is 0. The minimum Gasteiger partial charge on any atom is -0.355 e. The van der Waals surface area contributed by atoms with Crippen molar-refractivity contribution < 1.29 is 4.79 Å². The van der Waals surface area contributed by atoms with Gasteiger partial charge in [-0.3, -0.25) is 4.79 Å². The van der Waals surface area contributed by atoms with Crippen LogP contribution in [-0.2, 0) is 4.79 Å². The van der Waals surface area contributed by atoms with E-state index in [-0.39, 0.29) is 17.9 Å². The number of nitrogens with one attached hydrogen (secondary N) is 2. The van der Waals surface area contributed by atoms with Crippen molar-refractivity contribution in [2.45, 2.75) is 51.5 Å². The highest BCUT2D eigenvalue weighted by molar-refractivity contribution is 5.77. The van der Waals surface area contributed by atoms with E-state index in [1.54, 1.807) is 0 Å². The van der Waals surface area contributed by atoms with Gasteiger partial charge in [0.15, 0.2) is 0 Å². The first-order chi connectivity index (χ1) is 8.27. The summed E-state index contributed by atoms with van der Waals surface area (Å²) in [6.07, 6.45) is 6.43. The van der Waals surface area contributed by atoms with Gasteiger partial charge in [-0.1, -0.05) is 26.2 Å². The lowest BCUT2D eigenvalue weighted by Crippen LogP contribution is -2.42. The maximum absolute atomic E-state index is 11.5. The second-order valence-corrected chi connectivity index (χ2v) is 4.71. The lowest BCUT2D eigenvalue weighted by molar-refractivity contribution is -0.120. The molecule has 0 aromatic carbocycles. The predicted octanol–water partition coefficient (Wildman–Crippen LogP) is 1.57. The molecule has 1 rings (SSSR count). The van der Waals surface area contributed by atoms with Crippen LogP contribution in [0.3, 0.4) is 0 Å². The van der Waals surface area contributed by atoms with Crippen LogP contribution in [0.4, 0.5) is 0 Å². The maximum Gasteiger partial charge on any atom is 0.233 e. The molecule has 0 bridgehead atoms. The van der Waals surface area contributed by atoms with Crippen molar-refractivity contribution in [1.29, 1.82) is 5.26 Å². The smallest absolute Gasteiger partial charge is 0.233 e. The summed E-state index contributed by atoms with van der Waals surface area (Å²) in [6.45, 7) is 3.10. The van der Waals surface area contributed by atoms with Crippen molar-refractivity contribution in [3.8, 4) is 6.07 Å². The van der Waals surface area contributed by atoms with Crippen LogP contribution in [0, 0.1) is 17.2 Å². The topological polar surface area (TPSA) is 64.9 Å². The summed E-state index contributed by atoms with van der Waals surface area (Å²) in [7, 11) is 0. The van der Waals surface area contributed by atoms with E-state index in [4.69, 9.17) is 5.26 Å². The van der Waals surface area contributed by atoms with Gasteiger partial charge in [0, 0.05) is 12.6 Å². The van der Waals surface area contributed by atoms with Gasteiger partial charge in [0.25, 0.3) is 0 Å². The number of rotatable bonds is 5. The van der Waals surface area contributed by atoms with Crippen LogP contribution >= 0.6 is 0 Å². The van der Waals surface area contributed by atoms with Crippen LogP contribution in [0.2, 0.25) is 0 Å². The molecule has 1 aliphatic carbocycles. The predicted molar refractivity (Wildman–Crippen MR) is 67.3 cm³/mol. The molecule has 4 heteroatoms. The van der Waals surface area contributed by atoms with Gasteiger partial charge in [-0.15, -0.1) is 0 Å². The first kappa shape index (κ1) is 14.0. The van der Waals surface area contributed by atoms with E-state index < -0.39 is 0 Å². The Hall–Kier alpha value is -1.08. The molecule has 4 nitrogen and oxygen atoms in total. The molecule has 0 saturated heterocycles. The van der Waals surface area contributed by atoms with E-state index in [9.17, 15) is 4.79 Å². The average Bonchev–Trinajstić information content (AvgIpc) is 2.58. The summed E-state index contributed by atoms with van der Waals surface area (Å²) in [5, 5.41) is 15.2. The third kappa shape index (κ3) is 5.18. The molecule has 1 fully saturated rings. The van der Waals surface area contributed by atoms with E-state index in [1.807, 2.05) is 6.92 Å². The molecular weight excluding hydrogens is 214 g/mol. The Morgan fingerprint density at radius 1 is 1.35 bits per heavy atom. The molecule has 0 spiro atoms. The fourth-order valence-corrected chi connectivity index (χ4v) is 2.26. The number of nitrogens with zero attached hydrogens (tertiary/aromatic N) is 1. The number of carbonyl (C=O) groups excluding carboxylic acids is 1. The number of hydrogen-bond donors (Lipinski definition) is 2. The third-order valence-corrected chi connectivity index (χ3v) is 3.28. The van der Waals surface area contributed by atoms with Crippen LogP contribution < -0.4 is 10.6 Å². The molecule has 0 aliphatic heterocycles. The quantitative estimate of drug-likeness (QED) is 0.713. The molecule has 17 heavy (non-hydrogen) atoms. The maximum atomic E-state index is 11.5. The second kappa shape index (κ2) is 8.08. The molecule has 0 aromatic rings. The van der Waals surface area contributed by atoms with Gasteiger partial charge in [0.1, 0.15) is 0 Å². The molecule has 0 radical (unpaired) electrons. The molecule has 1 amide bonds. The van der Waals surface area contributed by atoms with Gasteiger partial charge in [0.05, 0.1) is 18.5 Å². The minimum atomic E-state index is 0.0350. The third-order valence-electron chi connectivity index (χ3n) is 3.28. The fourth-order valence-electron chi connectivity index (χ4n) is 2.26. The van der Waals surface area contributed by atoms with Crippen LogP contribution in [0.25, 0.3) is 0 Å². The summed E-state index contributed by atoms with van der Waals surface area (Å²) in [4.78, 5) is 11.5. The molecule has 0 heterocycles. The van der Waals surface area contributed by atoms with Crippen LogP contribution in [-0.4, -0.2) is 25.0 Å². The molecule has 96 valence electrons. The second-order valence-electron chi connectivity index (χ2n) is 4.71. The van der Waals surface area contributed by atoms with Gasteiger partial charge in [-0.2, -0.15) is 5.26 Å². The first-order valence-electron chi connectivity index (χ1n) is 6.67. The Morgan fingerprint density at radius 2 is 2.12 bits per heavy atom. The zero-order valence-electron chi connectivity index (χ0n) is 10.7. The summed E-state index contributed by atoms with van der Waals surface area (Å²) in [6, 6.07) is 2.56. The SMILES string of the molecule is CCCNC(=O)CNC1CCCCCC1C#N. The standard InChI is InChI=1S/C13H23N3O/c1-2-8-15-13(17)10-16-12-7-5-3-4-6-11(12)9-14/h11-12,16H,2-8,10H2,1H3,(H,15,17). The lowest BCUT2D eigenvalue weighted by Gasteiger charge is -2.20. The highest BCUT2D eigenvalue weighted by Gasteiger charge is 2.23. The summed E-state index contributed by atoms with van der Waals surface area (Å²) in [5.74, 6) is 0.101. The lowest BCUT2D eigenvalue weighted by atomic mass is 9.96. The van der Waals surface area contributed by atoms with Crippen molar-refractivity contribution in [2.75, 3.05) is 13.1 Å². The Balaban J connectivity index is 2.32. The fraction of sp³-hybridized carbons (Fsp3) is 0.846. The van der Waals surface area contributed by atoms with Gasteiger partial charge in [-0.05, 0) is 19.3 Å². The summed E-state index contributed by atoms with van der Waals surface area (Å²) < 4.78 is 0. The van der Waals surface area contributed by atoms with Gasteiger partial charge < -0.3 is 10.6 Å². The van der Waals surface area contributed by atoms with E-state index in [1.165, 1.54) is 6.42 Å². The molecular formula is C13H23N3O. The number of nitriles is 1. The van der Waals surface area contributed by atoms with Crippen molar-refractivity contribution >= 4 is 5.91 Å². The molecule has 2 atom stereocenters. The van der Waals surface area contributed by atoms with Gasteiger partial charge >= 0.3 is 0 Å². The zero-order valence-corrected chi connectivity index (χ0v) is 10.7. The highest BCUT2D eigenvalue weighted by atomic mass is 16.1. The monoisotopic (exact) mass is 237 g/mol. The zero-order chi connectivity index (χ0) is 12.5. The molecule has 2 N–H and O–H groups in total. The Labute approximate surface area is 104 Å². The van der Waals surface area contributed by atoms with E-state index in [2.05, 4.69) is 16.7 Å². The average molecular weight is 237 g/mol. The summed E-state index contributed by atoms with van der Waals surface area (Å²) in [5.41, 5.74) is 0. The van der Waals surface area contributed by atoms with Crippen LogP contribution in [0.5, 0.6) is 0 Å². The minimum absolute atomic E-state index is 0.0350. The Kier molecular flexibility index (Phi) is 6.64. The number of amides is 1. The van der Waals surface area contributed by atoms with Crippen molar-refractivity contribution in [3.05, 3.63) is 0 Å². The molecule has 1 saturated carbocycles. The van der Waals surface area contributed by atoms with E-state index in [0.29, 0.717) is 6.54 Å². The van der Waals surface area contributed by atoms with Crippen LogP contribution in [0.1, 0.15) is 45.4 Å². The number of carbonyl (C=O) groups is 1. The molecule has 2 unspecified atom stereocenters. The Morgan fingerprint density at radius 3 is 2.82 bits per heavy atom. The van der Waals surface area contributed by atoms with Crippen molar-refractivity contribution in [3.63, 3.8) is 0 Å². The van der Waals surface area contributed by atoms with Crippen LogP contribution in [0.15, 0.2) is 0 Å². The van der Waals surface area contributed by atoms with E-state index in [0.717, 1.165) is 38.6 Å². The molecule has 0 aromatic heterocycles. The van der Waals surface area contributed by atoms with E-state index >= 15 is 0 Å². The normalized spacial score (nSPS) is 24.7. The van der Waals surface area contributed by atoms with Crippen molar-refractivity contribution in [2.24, 2.45) is 5.92 Å².